The summed E-state index contributed by atoms with van der Waals surface area (Å²) in [5, 5.41) is 3.49. The van der Waals surface area contributed by atoms with Crippen molar-refractivity contribution in [2.45, 2.75) is 37.8 Å². The number of thioether (sulfide) groups is 1. The minimum absolute atomic E-state index is 0.513. The van der Waals surface area contributed by atoms with Crippen molar-refractivity contribution in [3.63, 3.8) is 0 Å². The van der Waals surface area contributed by atoms with Gasteiger partial charge >= 0.3 is 0 Å². The fourth-order valence-corrected chi connectivity index (χ4v) is 2.77. The Bertz CT molecular complexity index is 210. The zero-order chi connectivity index (χ0) is 10.5. The molecule has 1 atom stereocenters. The first-order valence-electron chi connectivity index (χ1n) is 5.94. The van der Waals surface area contributed by atoms with Crippen LogP contribution in [0.25, 0.3) is 0 Å². The Kier molecular flexibility index (Phi) is 4.54. The maximum absolute atomic E-state index is 5.58. The first-order valence-corrected chi connectivity index (χ1v) is 7.09. The summed E-state index contributed by atoms with van der Waals surface area (Å²) in [5.41, 5.74) is 1.32. The summed E-state index contributed by atoms with van der Waals surface area (Å²) < 4.78 is 5.58. The summed E-state index contributed by atoms with van der Waals surface area (Å²) in [4.78, 5) is 0. The zero-order valence-corrected chi connectivity index (χ0v) is 10.2. The van der Waals surface area contributed by atoms with E-state index < -0.39 is 0 Å². The van der Waals surface area contributed by atoms with Crippen molar-refractivity contribution in [2.24, 2.45) is 0 Å². The van der Waals surface area contributed by atoms with Gasteiger partial charge in [0, 0.05) is 30.7 Å². The van der Waals surface area contributed by atoms with Crippen molar-refractivity contribution >= 4 is 11.8 Å². The fourth-order valence-electron chi connectivity index (χ4n) is 1.74. The van der Waals surface area contributed by atoms with Gasteiger partial charge in [-0.05, 0) is 25.7 Å². The Labute approximate surface area is 96.8 Å². The van der Waals surface area contributed by atoms with Gasteiger partial charge in [0.2, 0.25) is 0 Å². The third kappa shape index (κ3) is 4.58. The molecule has 0 bridgehead atoms. The molecule has 0 amide bonds. The Morgan fingerprint density at radius 2 is 2.27 bits per heavy atom. The molecule has 1 saturated carbocycles. The van der Waals surface area contributed by atoms with Gasteiger partial charge in [0.05, 0.1) is 6.10 Å². The monoisotopic (exact) mass is 227 g/mol. The SMILES string of the molecule is C=C(CNC1CC1)CSCC1CCCO1. The normalized spacial score (nSPS) is 25.7. The second-order valence-electron chi connectivity index (χ2n) is 4.56. The lowest BCUT2D eigenvalue weighted by molar-refractivity contribution is 0.129. The molecule has 0 aromatic carbocycles. The van der Waals surface area contributed by atoms with E-state index >= 15 is 0 Å². The van der Waals surface area contributed by atoms with Crippen LogP contribution in [0.2, 0.25) is 0 Å². The van der Waals surface area contributed by atoms with Crippen molar-refractivity contribution in [3.05, 3.63) is 12.2 Å². The molecule has 0 aromatic rings. The van der Waals surface area contributed by atoms with Crippen LogP contribution in [0.5, 0.6) is 0 Å². The quantitative estimate of drug-likeness (QED) is 0.674. The van der Waals surface area contributed by atoms with E-state index in [4.69, 9.17) is 4.74 Å². The molecule has 0 aromatic heterocycles. The number of nitrogens with one attached hydrogen (secondary N) is 1. The van der Waals surface area contributed by atoms with Gasteiger partial charge in [-0.25, -0.2) is 0 Å². The first kappa shape index (κ1) is 11.5. The smallest absolute Gasteiger partial charge is 0.0666 e. The Morgan fingerprint density at radius 1 is 1.40 bits per heavy atom. The standard InChI is InChI=1S/C12H21NOS/c1-10(7-13-11-4-5-11)8-15-9-12-3-2-6-14-12/h11-13H,1-9H2. The predicted molar refractivity (Wildman–Crippen MR) is 66.5 cm³/mol. The third-order valence-corrected chi connectivity index (χ3v) is 4.07. The van der Waals surface area contributed by atoms with Gasteiger partial charge in [-0.3, -0.25) is 0 Å². The molecular formula is C12H21NOS. The summed E-state index contributed by atoms with van der Waals surface area (Å²) >= 11 is 1.97. The van der Waals surface area contributed by atoms with Crippen LogP contribution in [0.3, 0.4) is 0 Å². The number of ether oxygens (including phenoxy) is 1. The Balaban J connectivity index is 1.46. The highest BCUT2D eigenvalue weighted by molar-refractivity contribution is 7.99. The van der Waals surface area contributed by atoms with Crippen LogP contribution in [0.15, 0.2) is 12.2 Å². The molecule has 1 unspecified atom stereocenters. The third-order valence-electron chi connectivity index (χ3n) is 2.85. The number of hydrogen-bond donors (Lipinski definition) is 1. The van der Waals surface area contributed by atoms with E-state index in [0.717, 1.165) is 30.7 Å². The maximum atomic E-state index is 5.58. The van der Waals surface area contributed by atoms with E-state index in [1.807, 2.05) is 11.8 Å². The fraction of sp³-hybridized carbons (Fsp3) is 0.833. The highest BCUT2D eigenvalue weighted by Crippen LogP contribution is 2.20. The van der Waals surface area contributed by atoms with Crippen molar-refractivity contribution in [1.82, 2.24) is 5.32 Å². The average molecular weight is 227 g/mol. The van der Waals surface area contributed by atoms with E-state index in [1.165, 1.54) is 31.3 Å². The average Bonchev–Trinajstić information content (AvgIpc) is 2.92. The number of hydrogen-bond acceptors (Lipinski definition) is 3. The summed E-state index contributed by atoms with van der Waals surface area (Å²) in [6, 6.07) is 0.796. The van der Waals surface area contributed by atoms with Crippen LogP contribution in [0.4, 0.5) is 0 Å². The van der Waals surface area contributed by atoms with Gasteiger partial charge in [-0.15, -0.1) is 0 Å². The highest BCUT2D eigenvalue weighted by Gasteiger charge is 2.20. The maximum Gasteiger partial charge on any atom is 0.0666 e. The van der Waals surface area contributed by atoms with Crippen LogP contribution in [-0.2, 0) is 4.74 Å². The van der Waals surface area contributed by atoms with Gasteiger partial charge in [0.1, 0.15) is 0 Å². The molecule has 1 aliphatic carbocycles. The lowest BCUT2D eigenvalue weighted by Crippen LogP contribution is -2.20. The summed E-state index contributed by atoms with van der Waals surface area (Å²) in [6.07, 6.45) is 5.72. The lowest BCUT2D eigenvalue weighted by atomic mass is 10.3. The molecule has 2 fully saturated rings. The van der Waals surface area contributed by atoms with Gasteiger partial charge in [-0.1, -0.05) is 12.2 Å². The van der Waals surface area contributed by atoms with E-state index in [9.17, 15) is 0 Å². The molecule has 1 N–H and O–H groups in total. The zero-order valence-electron chi connectivity index (χ0n) is 9.34. The molecule has 2 nitrogen and oxygen atoms in total. The van der Waals surface area contributed by atoms with Crippen LogP contribution >= 0.6 is 11.8 Å². The van der Waals surface area contributed by atoms with Crippen LogP contribution in [-0.4, -0.2) is 36.8 Å². The number of rotatable bonds is 7. The largest absolute Gasteiger partial charge is 0.377 e. The topological polar surface area (TPSA) is 21.3 Å². The van der Waals surface area contributed by atoms with Gasteiger partial charge in [0.25, 0.3) is 0 Å². The van der Waals surface area contributed by atoms with Gasteiger partial charge in [0.15, 0.2) is 0 Å². The van der Waals surface area contributed by atoms with Gasteiger partial charge in [-0.2, -0.15) is 11.8 Å². The minimum Gasteiger partial charge on any atom is -0.377 e. The van der Waals surface area contributed by atoms with Crippen LogP contribution in [0.1, 0.15) is 25.7 Å². The molecule has 86 valence electrons. The summed E-state index contributed by atoms with van der Waals surface area (Å²) in [7, 11) is 0. The molecule has 15 heavy (non-hydrogen) atoms. The second-order valence-corrected chi connectivity index (χ2v) is 5.59. The molecule has 0 radical (unpaired) electrons. The van der Waals surface area contributed by atoms with Crippen molar-refractivity contribution in [2.75, 3.05) is 24.7 Å². The molecule has 1 heterocycles. The summed E-state index contributed by atoms with van der Waals surface area (Å²) in [5.74, 6) is 2.22. The van der Waals surface area contributed by atoms with Crippen LogP contribution < -0.4 is 5.32 Å². The van der Waals surface area contributed by atoms with E-state index in [-0.39, 0.29) is 0 Å². The van der Waals surface area contributed by atoms with E-state index in [1.54, 1.807) is 0 Å². The van der Waals surface area contributed by atoms with Crippen molar-refractivity contribution < 1.29 is 4.74 Å². The second kappa shape index (κ2) is 5.92. The van der Waals surface area contributed by atoms with Gasteiger partial charge < -0.3 is 10.1 Å². The molecule has 1 saturated heterocycles. The van der Waals surface area contributed by atoms with Crippen molar-refractivity contribution in [3.8, 4) is 0 Å². The first-order chi connectivity index (χ1) is 7.34. The van der Waals surface area contributed by atoms with E-state index in [2.05, 4.69) is 11.9 Å². The molecule has 2 rings (SSSR count). The molecule has 1 aliphatic heterocycles. The summed E-state index contributed by atoms with van der Waals surface area (Å²) in [6.45, 7) is 6.07. The molecule has 2 aliphatic rings. The molecule has 0 spiro atoms. The molecule has 3 heteroatoms. The van der Waals surface area contributed by atoms with Crippen molar-refractivity contribution in [1.29, 1.82) is 0 Å². The molecular weight excluding hydrogens is 206 g/mol. The lowest BCUT2D eigenvalue weighted by Gasteiger charge is -2.10. The Morgan fingerprint density at radius 3 is 2.93 bits per heavy atom. The van der Waals surface area contributed by atoms with Crippen LogP contribution in [0, 0.1) is 0 Å². The highest BCUT2D eigenvalue weighted by atomic mass is 32.2. The Hall–Kier alpha value is 0.01000. The minimum atomic E-state index is 0.513. The van der Waals surface area contributed by atoms with E-state index in [0.29, 0.717) is 6.10 Å². The predicted octanol–water partition coefficient (Wildman–Crippen LogP) is 2.21.